The second-order valence-corrected chi connectivity index (χ2v) is 6.28. The molecule has 0 aliphatic rings. The zero-order valence-electron chi connectivity index (χ0n) is 13.8. The lowest BCUT2D eigenvalue weighted by Crippen LogP contribution is -2.28. The van der Waals surface area contributed by atoms with Gasteiger partial charge < -0.3 is 10.6 Å². The molecule has 8 heteroatoms. The van der Waals surface area contributed by atoms with Crippen LogP contribution in [0.5, 0.6) is 0 Å². The molecule has 0 amide bonds. The van der Waals surface area contributed by atoms with Crippen LogP contribution in [0.4, 0.5) is 5.82 Å². The van der Waals surface area contributed by atoms with Crippen molar-refractivity contribution in [2.45, 2.75) is 26.6 Å². The van der Waals surface area contributed by atoms with Crippen molar-refractivity contribution in [3.05, 3.63) is 65.1 Å². The molecule has 0 aliphatic carbocycles. The first kappa shape index (κ1) is 17.4. The summed E-state index contributed by atoms with van der Waals surface area (Å²) in [7, 11) is 0. The second-order valence-electron chi connectivity index (χ2n) is 5.46. The average molecular weight is 375 g/mol. The SMILES string of the molecule is CCn1ccc(CNC(=S)Nc2ccn(Cc3ccccc3Cl)n2)n1. The smallest absolute Gasteiger partial charge is 0.172 e. The van der Waals surface area contributed by atoms with Crippen molar-refractivity contribution in [2.24, 2.45) is 0 Å². The zero-order chi connectivity index (χ0) is 17.6. The summed E-state index contributed by atoms with van der Waals surface area (Å²) in [6.45, 7) is 4.08. The fraction of sp³-hybridized carbons (Fsp3) is 0.235. The molecule has 3 aromatic rings. The van der Waals surface area contributed by atoms with Gasteiger partial charge in [0.1, 0.15) is 0 Å². The molecule has 0 atom stereocenters. The van der Waals surface area contributed by atoms with E-state index in [1.54, 1.807) is 0 Å². The number of aromatic nitrogens is 4. The van der Waals surface area contributed by atoms with Crippen LogP contribution in [0.2, 0.25) is 5.02 Å². The number of nitrogens with zero attached hydrogens (tertiary/aromatic N) is 4. The Morgan fingerprint density at radius 2 is 1.92 bits per heavy atom. The van der Waals surface area contributed by atoms with Crippen LogP contribution < -0.4 is 10.6 Å². The summed E-state index contributed by atoms with van der Waals surface area (Å²) in [5, 5.41) is 16.3. The van der Waals surface area contributed by atoms with E-state index < -0.39 is 0 Å². The number of nitrogens with one attached hydrogen (secondary N) is 2. The molecule has 0 spiro atoms. The van der Waals surface area contributed by atoms with Gasteiger partial charge in [0.2, 0.25) is 0 Å². The van der Waals surface area contributed by atoms with Gasteiger partial charge >= 0.3 is 0 Å². The number of rotatable bonds is 6. The molecule has 0 fully saturated rings. The Labute approximate surface area is 156 Å². The molecule has 1 aromatic carbocycles. The van der Waals surface area contributed by atoms with E-state index in [2.05, 4.69) is 27.8 Å². The number of hydrogen-bond donors (Lipinski definition) is 2. The van der Waals surface area contributed by atoms with Crippen molar-refractivity contribution < 1.29 is 0 Å². The fourth-order valence-electron chi connectivity index (χ4n) is 2.32. The largest absolute Gasteiger partial charge is 0.357 e. The Bertz CT molecular complexity index is 856. The van der Waals surface area contributed by atoms with E-state index >= 15 is 0 Å². The summed E-state index contributed by atoms with van der Waals surface area (Å²) in [5.74, 6) is 0.684. The standard InChI is InChI=1S/C17H19ClN6S/c1-2-23-9-7-14(21-23)11-19-17(25)20-16-8-10-24(22-16)12-13-5-3-4-6-15(13)18/h3-10H,2,11-12H2,1H3,(H2,19,20,22,25). The highest BCUT2D eigenvalue weighted by Gasteiger charge is 2.05. The van der Waals surface area contributed by atoms with Gasteiger partial charge in [-0.2, -0.15) is 10.2 Å². The Balaban J connectivity index is 1.52. The third-order valence-electron chi connectivity index (χ3n) is 3.62. The molecule has 2 heterocycles. The Kier molecular flexibility index (Phi) is 5.67. The first-order valence-electron chi connectivity index (χ1n) is 7.98. The monoisotopic (exact) mass is 374 g/mol. The van der Waals surface area contributed by atoms with Gasteiger partial charge in [0.05, 0.1) is 18.8 Å². The molecule has 2 N–H and O–H groups in total. The number of hydrogen-bond acceptors (Lipinski definition) is 3. The Hall–Kier alpha value is -2.38. The molecule has 3 rings (SSSR count). The molecule has 0 saturated heterocycles. The first-order valence-corrected chi connectivity index (χ1v) is 8.76. The summed E-state index contributed by atoms with van der Waals surface area (Å²) < 4.78 is 3.69. The number of benzene rings is 1. The van der Waals surface area contributed by atoms with Gasteiger partial charge in [0.15, 0.2) is 10.9 Å². The quantitative estimate of drug-likeness (QED) is 0.648. The van der Waals surface area contributed by atoms with E-state index in [0.29, 0.717) is 24.0 Å². The molecule has 6 nitrogen and oxygen atoms in total. The van der Waals surface area contributed by atoms with E-state index in [0.717, 1.165) is 22.8 Å². The molecule has 0 unspecified atom stereocenters. The highest BCUT2D eigenvalue weighted by Crippen LogP contribution is 2.16. The minimum absolute atomic E-state index is 0.508. The van der Waals surface area contributed by atoms with Gasteiger partial charge in [0, 0.05) is 30.0 Å². The van der Waals surface area contributed by atoms with Crippen molar-refractivity contribution in [3.8, 4) is 0 Å². The molecular formula is C17H19ClN6S. The number of anilines is 1. The summed E-state index contributed by atoms with van der Waals surface area (Å²) in [5.41, 5.74) is 1.96. The maximum Gasteiger partial charge on any atom is 0.172 e. The summed E-state index contributed by atoms with van der Waals surface area (Å²) in [4.78, 5) is 0. The predicted octanol–water partition coefficient (Wildman–Crippen LogP) is 3.29. The number of aryl methyl sites for hydroxylation is 1. The van der Waals surface area contributed by atoms with Crippen molar-refractivity contribution >= 4 is 34.7 Å². The molecule has 130 valence electrons. The van der Waals surface area contributed by atoms with E-state index in [1.807, 2.05) is 58.2 Å². The lowest BCUT2D eigenvalue weighted by molar-refractivity contribution is 0.643. The molecule has 0 radical (unpaired) electrons. The molecule has 0 aliphatic heterocycles. The van der Waals surface area contributed by atoms with Crippen LogP contribution in [0.25, 0.3) is 0 Å². The predicted molar refractivity (Wildman–Crippen MR) is 104 cm³/mol. The highest BCUT2D eigenvalue weighted by atomic mass is 35.5. The normalized spacial score (nSPS) is 10.6. The highest BCUT2D eigenvalue weighted by molar-refractivity contribution is 7.80. The minimum atomic E-state index is 0.508. The zero-order valence-corrected chi connectivity index (χ0v) is 15.4. The second kappa shape index (κ2) is 8.13. The van der Waals surface area contributed by atoms with Gasteiger partial charge in [-0.1, -0.05) is 29.8 Å². The van der Waals surface area contributed by atoms with Gasteiger partial charge in [-0.05, 0) is 36.8 Å². The summed E-state index contributed by atoms with van der Waals surface area (Å²) in [6.07, 6.45) is 3.83. The van der Waals surface area contributed by atoms with Crippen LogP contribution in [0.1, 0.15) is 18.2 Å². The average Bonchev–Trinajstić information content (AvgIpc) is 3.24. The van der Waals surface area contributed by atoms with E-state index in [4.69, 9.17) is 23.8 Å². The van der Waals surface area contributed by atoms with Gasteiger partial charge in [-0.3, -0.25) is 9.36 Å². The topological polar surface area (TPSA) is 59.7 Å². The third kappa shape index (κ3) is 4.80. The Morgan fingerprint density at radius 3 is 2.68 bits per heavy atom. The third-order valence-corrected chi connectivity index (χ3v) is 4.24. The summed E-state index contributed by atoms with van der Waals surface area (Å²) >= 11 is 11.5. The van der Waals surface area contributed by atoms with Crippen LogP contribution in [0.15, 0.2) is 48.8 Å². The molecule has 0 bridgehead atoms. The van der Waals surface area contributed by atoms with E-state index in [1.165, 1.54) is 0 Å². The molecule has 25 heavy (non-hydrogen) atoms. The van der Waals surface area contributed by atoms with Crippen LogP contribution in [-0.2, 0) is 19.6 Å². The van der Waals surface area contributed by atoms with Crippen LogP contribution >= 0.6 is 23.8 Å². The van der Waals surface area contributed by atoms with E-state index in [9.17, 15) is 0 Å². The van der Waals surface area contributed by atoms with Crippen LogP contribution in [-0.4, -0.2) is 24.7 Å². The number of halogens is 1. The van der Waals surface area contributed by atoms with Crippen molar-refractivity contribution in [3.63, 3.8) is 0 Å². The number of thiocarbonyl (C=S) groups is 1. The maximum absolute atomic E-state index is 6.18. The lowest BCUT2D eigenvalue weighted by atomic mass is 10.2. The van der Waals surface area contributed by atoms with Crippen molar-refractivity contribution in [1.82, 2.24) is 24.9 Å². The minimum Gasteiger partial charge on any atom is -0.357 e. The van der Waals surface area contributed by atoms with Crippen molar-refractivity contribution in [2.75, 3.05) is 5.32 Å². The fourth-order valence-corrected chi connectivity index (χ4v) is 2.70. The van der Waals surface area contributed by atoms with Gasteiger partial charge in [-0.15, -0.1) is 0 Å². The molecule has 2 aromatic heterocycles. The maximum atomic E-state index is 6.18. The van der Waals surface area contributed by atoms with Gasteiger partial charge in [0.25, 0.3) is 0 Å². The van der Waals surface area contributed by atoms with Crippen LogP contribution in [0, 0.1) is 0 Å². The Morgan fingerprint density at radius 1 is 1.12 bits per heavy atom. The molecular weight excluding hydrogens is 356 g/mol. The summed E-state index contributed by atoms with van der Waals surface area (Å²) in [6, 6.07) is 11.6. The molecule has 0 saturated carbocycles. The lowest BCUT2D eigenvalue weighted by Gasteiger charge is -2.07. The van der Waals surface area contributed by atoms with Crippen LogP contribution in [0.3, 0.4) is 0 Å². The van der Waals surface area contributed by atoms with Crippen molar-refractivity contribution in [1.29, 1.82) is 0 Å². The van der Waals surface area contributed by atoms with Gasteiger partial charge in [-0.25, -0.2) is 0 Å². The van der Waals surface area contributed by atoms with E-state index in [-0.39, 0.29) is 0 Å². The first-order chi connectivity index (χ1) is 12.1.